The Labute approximate surface area is 134 Å². The van der Waals surface area contributed by atoms with Gasteiger partial charge in [0.2, 0.25) is 0 Å². The minimum atomic E-state index is -2.05. The lowest BCUT2D eigenvalue weighted by Crippen LogP contribution is -2.49. The molecule has 0 bridgehead atoms. The van der Waals surface area contributed by atoms with E-state index in [2.05, 4.69) is 33.9 Å². The smallest absolute Gasteiger partial charge is 0.193 e. The molecular formula is C16H30O5Si. The Morgan fingerprint density at radius 2 is 1.91 bits per heavy atom. The lowest BCUT2D eigenvalue weighted by atomic mass is 10.1. The summed E-state index contributed by atoms with van der Waals surface area (Å²) in [6, 6.07) is 0. The number of ether oxygens (including phenoxy) is 2. The molecule has 1 aliphatic heterocycles. The molecule has 6 heteroatoms. The first-order chi connectivity index (χ1) is 9.88. The maximum Gasteiger partial charge on any atom is 0.193 e. The molecule has 0 aromatic heterocycles. The highest BCUT2D eigenvalue weighted by Gasteiger charge is 2.53. The lowest BCUT2D eigenvalue weighted by Gasteiger charge is -2.40. The van der Waals surface area contributed by atoms with Crippen LogP contribution in [0.2, 0.25) is 18.1 Å². The predicted octanol–water partition coefficient (Wildman–Crippen LogP) is 2.19. The van der Waals surface area contributed by atoms with Gasteiger partial charge in [-0.3, -0.25) is 0 Å². The van der Waals surface area contributed by atoms with Crippen LogP contribution in [0.5, 0.6) is 0 Å². The molecule has 2 aliphatic rings. The molecule has 0 aromatic rings. The maximum absolute atomic E-state index is 10.1. The fraction of sp³-hybridized carbons (Fsp3) is 0.875. The van der Waals surface area contributed by atoms with Crippen LogP contribution < -0.4 is 0 Å². The van der Waals surface area contributed by atoms with Gasteiger partial charge in [0, 0.05) is 0 Å². The molecule has 1 aliphatic carbocycles. The topological polar surface area (TPSA) is 68.2 Å². The second kappa shape index (κ2) is 5.68. The average Bonchev–Trinajstić information content (AvgIpc) is 2.80. The quantitative estimate of drug-likeness (QED) is 0.611. The Bertz CT molecular complexity index is 452. The van der Waals surface area contributed by atoms with Crippen molar-refractivity contribution in [3.05, 3.63) is 11.6 Å². The molecule has 4 atom stereocenters. The van der Waals surface area contributed by atoms with Crippen LogP contribution in [0.15, 0.2) is 11.6 Å². The number of aliphatic hydroxyl groups excluding tert-OH is 2. The Morgan fingerprint density at radius 1 is 1.32 bits per heavy atom. The SMILES string of the molecule is CC1(C)O[C@@H]2[C@@H](C=C(C(O)CO)[C@@H]2O[Si](C)(C)C(C)(C)C)O1. The monoisotopic (exact) mass is 330 g/mol. The molecule has 128 valence electrons. The van der Waals surface area contributed by atoms with Gasteiger partial charge in [0.25, 0.3) is 0 Å². The summed E-state index contributed by atoms with van der Waals surface area (Å²) in [5.74, 6) is -0.656. The summed E-state index contributed by atoms with van der Waals surface area (Å²) in [5, 5.41) is 19.5. The Morgan fingerprint density at radius 3 is 2.41 bits per heavy atom. The molecule has 2 rings (SSSR count). The molecule has 0 amide bonds. The molecule has 0 saturated carbocycles. The Balaban J connectivity index is 2.28. The number of hydrogen-bond donors (Lipinski definition) is 2. The molecule has 1 fully saturated rings. The molecular weight excluding hydrogens is 300 g/mol. The molecule has 0 aromatic carbocycles. The van der Waals surface area contributed by atoms with Crippen LogP contribution in [-0.2, 0) is 13.9 Å². The van der Waals surface area contributed by atoms with E-state index in [1.54, 1.807) is 0 Å². The number of hydrogen-bond acceptors (Lipinski definition) is 5. The van der Waals surface area contributed by atoms with Crippen LogP contribution in [-0.4, -0.2) is 55.3 Å². The number of fused-ring (bicyclic) bond motifs is 1. The van der Waals surface area contributed by atoms with E-state index in [1.165, 1.54) is 0 Å². The fourth-order valence-electron chi connectivity index (χ4n) is 2.69. The molecule has 1 saturated heterocycles. The van der Waals surface area contributed by atoms with E-state index in [-0.39, 0.29) is 30.0 Å². The summed E-state index contributed by atoms with van der Waals surface area (Å²) in [7, 11) is -2.05. The summed E-state index contributed by atoms with van der Waals surface area (Å²) in [5.41, 5.74) is 0.679. The predicted molar refractivity (Wildman–Crippen MR) is 87.1 cm³/mol. The van der Waals surface area contributed by atoms with E-state index in [9.17, 15) is 10.2 Å². The van der Waals surface area contributed by atoms with Gasteiger partial charge in [-0.1, -0.05) is 20.8 Å². The van der Waals surface area contributed by atoms with Crippen LogP contribution in [0.4, 0.5) is 0 Å². The summed E-state index contributed by atoms with van der Waals surface area (Å²) in [4.78, 5) is 0. The molecule has 5 nitrogen and oxygen atoms in total. The van der Waals surface area contributed by atoms with E-state index in [1.807, 2.05) is 19.9 Å². The minimum Gasteiger partial charge on any atom is -0.407 e. The number of rotatable bonds is 4. The van der Waals surface area contributed by atoms with Crippen molar-refractivity contribution in [1.82, 2.24) is 0 Å². The van der Waals surface area contributed by atoms with Gasteiger partial charge >= 0.3 is 0 Å². The van der Waals surface area contributed by atoms with E-state index in [0.717, 1.165) is 0 Å². The number of aliphatic hydroxyl groups is 2. The first kappa shape index (κ1) is 18.1. The van der Waals surface area contributed by atoms with Crippen molar-refractivity contribution in [3.63, 3.8) is 0 Å². The van der Waals surface area contributed by atoms with Crippen molar-refractivity contribution < 1.29 is 24.1 Å². The van der Waals surface area contributed by atoms with Gasteiger partial charge < -0.3 is 24.1 Å². The van der Waals surface area contributed by atoms with Crippen molar-refractivity contribution >= 4 is 8.32 Å². The molecule has 22 heavy (non-hydrogen) atoms. The van der Waals surface area contributed by atoms with Gasteiger partial charge in [0.1, 0.15) is 18.3 Å². The van der Waals surface area contributed by atoms with Crippen molar-refractivity contribution in [1.29, 1.82) is 0 Å². The van der Waals surface area contributed by atoms with E-state index >= 15 is 0 Å². The molecule has 2 N–H and O–H groups in total. The third kappa shape index (κ3) is 3.32. The minimum absolute atomic E-state index is 0.0509. The zero-order chi connectivity index (χ0) is 16.9. The third-order valence-corrected chi connectivity index (χ3v) is 9.39. The van der Waals surface area contributed by atoms with Crippen LogP contribution in [0.3, 0.4) is 0 Å². The normalized spacial score (nSPS) is 32.8. The second-order valence-electron chi connectivity index (χ2n) is 8.23. The van der Waals surface area contributed by atoms with Gasteiger partial charge in [-0.15, -0.1) is 0 Å². The second-order valence-corrected chi connectivity index (χ2v) is 13.0. The first-order valence-corrected chi connectivity index (χ1v) is 10.8. The largest absolute Gasteiger partial charge is 0.407 e. The summed E-state index contributed by atoms with van der Waals surface area (Å²) in [6.07, 6.45) is 0.0600. The first-order valence-electron chi connectivity index (χ1n) is 7.92. The van der Waals surface area contributed by atoms with Crippen molar-refractivity contribution in [2.75, 3.05) is 6.61 Å². The van der Waals surface area contributed by atoms with E-state index < -0.39 is 20.2 Å². The van der Waals surface area contributed by atoms with Crippen LogP contribution >= 0.6 is 0 Å². The lowest BCUT2D eigenvalue weighted by molar-refractivity contribution is -0.153. The van der Waals surface area contributed by atoms with E-state index in [0.29, 0.717) is 5.57 Å². The molecule has 0 spiro atoms. The summed E-state index contributed by atoms with van der Waals surface area (Å²) in [6.45, 7) is 14.3. The maximum atomic E-state index is 10.1. The molecule has 1 unspecified atom stereocenters. The van der Waals surface area contributed by atoms with Crippen molar-refractivity contribution in [2.24, 2.45) is 0 Å². The zero-order valence-electron chi connectivity index (χ0n) is 14.7. The molecule has 1 heterocycles. The van der Waals surface area contributed by atoms with Crippen molar-refractivity contribution in [2.45, 2.75) is 83.0 Å². The fourth-order valence-corrected chi connectivity index (χ4v) is 3.95. The standard InChI is InChI=1S/C16H30O5Si/c1-15(2,3)22(6,7)21-13-10(11(18)9-17)8-12-14(13)20-16(4,5)19-12/h8,11-14,17-18H,9H2,1-7H3/t11?,12-,13+,14-/m1/s1. The third-order valence-electron chi connectivity index (χ3n) is 4.93. The average molecular weight is 330 g/mol. The van der Waals surface area contributed by atoms with Crippen LogP contribution in [0.25, 0.3) is 0 Å². The van der Waals surface area contributed by atoms with E-state index in [4.69, 9.17) is 13.9 Å². The summed E-state index contributed by atoms with van der Waals surface area (Å²) >= 11 is 0. The Kier molecular flexibility index (Phi) is 4.68. The highest BCUT2D eigenvalue weighted by molar-refractivity contribution is 6.74. The zero-order valence-corrected chi connectivity index (χ0v) is 15.7. The van der Waals surface area contributed by atoms with Crippen LogP contribution in [0.1, 0.15) is 34.6 Å². The van der Waals surface area contributed by atoms with Crippen LogP contribution in [0, 0.1) is 0 Å². The summed E-state index contributed by atoms with van der Waals surface area (Å²) < 4.78 is 18.4. The van der Waals surface area contributed by atoms with Gasteiger partial charge in [-0.05, 0) is 43.6 Å². The van der Waals surface area contributed by atoms with Gasteiger partial charge in [-0.2, -0.15) is 0 Å². The van der Waals surface area contributed by atoms with Gasteiger partial charge in [0.15, 0.2) is 14.1 Å². The van der Waals surface area contributed by atoms with Crippen molar-refractivity contribution in [3.8, 4) is 0 Å². The highest BCUT2D eigenvalue weighted by Crippen LogP contribution is 2.44. The highest BCUT2D eigenvalue weighted by atomic mass is 28.4. The Hall–Kier alpha value is -0.243. The van der Waals surface area contributed by atoms with Gasteiger partial charge in [0.05, 0.1) is 12.7 Å². The molecule has 0 radical (unpaired) electrons. The van der Waals surface area contributed by atoms with Gasteiger partial charge in [-0.25, -0.2) is 0 Å².